The lowest BCUT2D eigenvalue weighted by Gasteiger charge is -2.20. The van der Waals surface area contributed by atoms with E-state index in [4.69, 9.17) is 0 Å². The van der Waals surface area contributed by atoms with Crippen LogP contribution in [0.5, 0.6) is 0 Å². The van der Waals surface area contributed by atoms with E-state index in [2.05, 4.69) is 39.8 Å². The van der Waals surface area contributed by atoms with E-state index in [9.17, 15) is 0 Å². The lowest BCUT2D eigenvalue weighted by atomic mass is 9.99. The van der Waals surface area contributed by atoms with Gasteiger partial charge in [0.15, 0.2) is 0 Å². The third kappa shape index (κ3) is 2.63. The summed E-state index contributed by atoms with van der Waals surface area (Å²) >= 11 is 0. The Kier molecular flexibility index (Phi) is 3.23. The fraction of sp³-hybridized carbons (Fsp3) is 0.0667. The first-order chi connectivity index (χ1) is 9.43. The Morgan fingerprint density at radius 3 is 1.89 bits per heavy atom. The molecule has 0 atom stereocenters. The molecule has 3 aromatic rings. The lowest BCUT2D eigenvalue weighted by Crippen LogP contribution is -2.22. The quantitative estimate of drug-likeness (QED) is 0.774. The molecule has 3 rings (SSSR count). The number of benzene rings is 2. The maximum absolute atomic E-state index is 4.10. The Morgan fingerprint density at radius 1 is 0.842 bits per heavy atom. The number of nitrogens with one attached hydrogen (secondary N) is 1. The zero-order valence-corrected chi connectivity index (χ0v) is 10.3. The van der Waals surface area contributed by atoms with E-state index in [0.717, 1.165) is 0 Å². The second kappa shape index (κ2) is 5.35. The van der Waals surface area contributed by atoms with Crippen LogP contribution in [0.2, 0.25) is 0 Å². The van der Waals surface area contributed by atoms with Gasteiger partial charge < -0.3 is 0 Å². The first kappa shape index (κ1) is 11.5. The predicted molar refractivity (Wildman–Crippen MR) is 74.1 cm³/mol. The summed E-state index contributed by atoms with van der Waals surface area (Å²) in [5, 5.41) is 4.10. The van der Waals surface area contributed by atoms with Gasteiger partial charge in [-0.05, 0) is 11.1 Å². The van der Waals surface area contributed by atoms with E-state index in [1.165, 1.54) is 17.5 Å². The number of hydrogen-bond acceptors (Lipinski definition) is 3. The molecule has 0 spiro atoms. The van der Waals surface area contributed by atoms with Gasteiger partial charge in [0.2, 0.25) is 0 Å². The van der Waals surface area contributed by atoms with Crippen molar-refractivity contribution >= 4 is 0 Å². The van der Waals surface area contributed by atoms with E-state index in [-0.39, 0.29) is 6.04 Å². The van der Waals surface area contributed by atoms with Crippen LogP contribution in [-0.4, -0.2) is 14.9 Å². The molecular weight excluding hydrogens is 236 g/mol. The van der Waals surface area contributed by atoms with Crippen LogP contribution in [0.15, 0.2) is 73.3 Å². The molecule has 0 unspecified atom stereocenters. The first-order valence-electron chi connectivity index (χ1n) is 6.14. The van der Waals surface area contributed by atoms with Crippen LogP contribution in [0.1, 0.15) is 17.2 Å². The maximum atomic E-state index is 4.10. The van der Waals surface area contributed by atoms with Gasteiger partial charge in [-0.3, -0.25) is 5.43 Å². The van der Waals surface area contributed by atoms with Crippen LogP contribution < -0.4 is 5.43 Å². The van der Waals surface area contributed by atoms with Gasteiger partial charge in [0.05, 0.1) is 6.04 Å². The molecule has 0 saturated carbocycles. The SMILES string of the molecule is c1ccc(C(Nn2cncn2)c2ccccc2)cc1. The van der Waals surface area contributed by atoms with Crippen molar-refractivity contribution in [2.45, 2.75) is 6.04 Å². The van der Waals surface area contributed by atoms with Crippen LogP contribution >= 0.6 is 0 Å². The van der Waals surface area contributed by atoms with E-state index in [0.29, 0.717) is 0 Å². The Balaban J connectivity index is 1.96. The highest BCUT2D eigenvalue weighted by Crippen LogP contribution is 2.22. The molecule has 0 bridgehead atoms. The minimum absolute atomic E-state index is 0.0455. The molecule has 0 aliphatic rings. The fourth-order valence-electron chi connectivity index (χ4n) is 2.04. The summed E-state index contributed by atoms with van der Waals surface area (Å²) in [7, 11) is 0. The smallest absolute Gasteiger partial charge is 0.139 e. The minimum atomic E-state index is 0.0455. The van der Waals surface area contributed by atoms with Gasteiger partial charge in [0.25, 0.3) is 0 Å². The number of aromatic nitrogens is 3. The minimum Gasteiger partial charge on any atom is -0.297 e. The molecule has 19 heavy (non-hydrogen) atoms. The van der Waals surface area contributed by atoms with E-state index < -0.39 is 0 Å². The number of nitrogens with zero attached hydrogens (tertiary/aromatic N) is 3. The summed E-state index contributed by atoms with van der Waals surface area (Å²) in [6.45, 7) is 0. The predicted octanol–water partition coefficient (Wildman–Crippen LogP) is 2.61. The van der Waals surface area contributed by atoms with Crippen molar-refractivity contribution in [3.8, 4) is 0 Å². The van der Waals surface area contributed by atoms with Gasteiger partial charge in [-0.15, -0.1) is 5.10 Å². The highest BCUT2D eigenvalue weighted by Gasteiger charge is 2.13. The molecule has 0 aliphatic heterocycles. The molecule has 4 nitrogen and oxygen atoms in total. The van der Waals surface area contributed by atoms with Gasteiger partial charge in [-0.1, -0.05) is 60.7 Å². The zero-order chi connectivity index (χ0) is 12.9. The molecule has 1 heterocycles. The van der Waals surface area contributed by atoms with Crippen LogP contribution in [0.25, 0.3) is 0 Å². The van der Waals surface area contributed by atoms with Crippen molar-refractivity contribution in [2.24, 2.45) is 0 Å². The topological polar surface area (TPSA) is 42.7 Å². The van der Waals surface area contributed by atoms with Crippen molar-refractivity contribution in [2.75, 3.05) is 5.43 Å². The Hall–Kier alpha value is -2.62. The molecule has 0 aliphatic carbocycles. The van der Waals surface area contributed by atoms with Crippen molar-refractivity contribution in [3.05, 3.63) is 84.4 Å². The van der Waals surface area contributed by atoms with Crippen molar-refractivity contribution < 1.29 is 0 Å². The molecular formula is C15H14N4. The Labute approximate surface area is 111 Å². The van der Waals surface area contributed by atoms with Crippen molar-refractivity contribution in [1.29, 1.82) is 0 Å². The molecule has 4 heteroatoms. The standard InChI is InChI=1S/C15H14N4/c1-3-7-13(8-4-1)15(14-9-5-2-6-10-14)18-19-12-16-11-17-19/h1-12,15,18H. The second-order valence-electron chi connectivity index (χ2n) is 4.22. The van der Waals surface area contributed by atoms with Gasteiger partial charge in [0.1, 0.15) is 12.7 Å². The average molecular weight is 250 g/mol. The van der Waals surface area contributed by atoms with Gasteiger partial charge in [-0.25, -0.2) is 4.98 Å². The molecule has 0 saturated heterocycles. The van der Waals surface area contributed by atoms with Gasteiger partial charge in [0, 0.05) is 0 Å². The molecule has 0 amide bonds. The van der Waals surface area contributed by atoms with E-state index >= 15 is 0 Å². The van der Waals surface area contributed by atoms with Gasteiger partial charge >= 0.3 is 0 Å². The number of hydrogen-bond donors (Lipinski definition) is 1. The van der Waals surface area contributed by atoms with Crippen LogP contribution in [0, 0.1) is 0 Å². The lowest BCUT2D eigenvalue weighted by molar-refractivity contribution is 0.679. The first-order valence-corrected chi connectivity index (χ1v) is 6.14. The van der Waals surface area contributed by atoms with Gasteiger partial charge in [-0.2, -0.15) is 4.79 Å². The van der Waals surface area contributed by atoms with E-state index in [1.54, 1.807) is 11.1 Å². The third-order valence-electron chi connectivity index (χ3n) is 2.95. The van der Waals surface area contributed by atoms with E-state index in [1.807, 2.05) is 36.4 Å². The Bertz CT molecular complexity index is 566. The number of rotatable bonds is 4. The molecule has 94 valence electrons. The monoisotopic (exact) mass is 250 g/mol. The van der Waals surface area contributed by atoms with Crippen LogP contribution in [0.4, 0.5) is 0 Å². The molecule has 2 aromatic carbocycles. The summed E-state index contributed by atoms with van der Waals surface area (Å²) < 4.78 is 0. The maximum Gasteiger partial charge on any atom is 0.139 e. The zero-order valence-electron chi connectivity index (χ0n) is 10.3. The normalized spacial score (nSPS) is 10.6. The summed E-state index contributed by atoms with van der Waals surface area (Å²) in [5.41, 5.74) is 5.70. The summed E-state index contributed by atoms with van der Waals surface area (Å²) in [6.07, 6.45) is 3.17. The van der Waals surface area contributed by atoms with Crippen LogP contribution in [0.3, 0.4) is 0 Å². The molecule has 0 radical (unpaired) electrons. The second-order valence-corrected chi connectivity index (χ2v) is 4.22. The molecule has 0 fully saturated rings. The molecule has 1 N–H and O–H groups in total. The Morgan fingerprint density at radius 2 is 1.42 bits per heavy atom. The fourth-order valence-corrected chi connectivity index (χ4v) is 2.04. The highest BCUT2D eigenvalue weighted by molar-refractivity contribution is 5.33. The van der Waals surface area contributed by atoms with Crippen molar-refractivity contribution in [3.63, 3.8) is 0 Å². The highest BCUT2D eigenvalue weighted by atomic mass is 15.6. The molecule has 1 aromatic heterocycles. The third-order valence-corrected chi connectivity index (χ3v) is 2.95. The summed E-state index contributed by atoms with van der Waals surface area (Å²) in [4.78, 5) is 5.58. The summed E-state index contributed by atoms with van der Waals surface area (Å²) in [6, 6.07) is 20.6. The van der Waals surface area contributed by atoms with Crippen LogP contribution in [-0.2, 0) is 0 Å². The van der Waals surface area contributed by atoms with Crippen molar-refractivity contribution in [1.82, 2.24) is 14.9 Å². The average Bonchev–Trinajstić information content (AvgIpc) is 3.00. The largest absolute Gasteiger partial charge is 0.297 e. The summed E-state index contributed by atoms with van der Waals surface area (Å²) in [5.74, 6) is 0.